The predicted octanol–water partition coefficient (Wildman–Crippen LogP) is 4.68. The summed E-state index contributed by atoms with van der Waals surface area (Å²) in [4.78, 5) is 16.6. The molecule has 0 fully saturated rings. The summed E-state index contributed by atoms with van der Waals surface area (Å²) < 4.78 is 16.4. The minimum Gasteiger partial charge on any atom is -0.493 e. The van der Waals surface area contributed by atoms with Crippen LogP contribution in [-0.2, 0) is 16.0 Å². The first-order valence-corrected chi connectivity index (χ1v) is 11.2. The van der Waals surface area contributed by atoms with Gasteiger partial charge in [-0.3, -0.25) is 9.79 Å². The molecular weight excluding hydrogens is 426 g/mol. The van der Waals surface area contributed by atoms with Gasteiger partial charge in [0.25, 0.3) is 5.23 Å². The van der Waals surface area contributed by atoms with E-state index in [1.807, 2.05) is 49.4 Å². The van der Waals surface area contributed by atoms with Crippen LogP contribution in [0.3, 0.4) is 0 Å². The van der Waals surface area contributed by atoms with Gasteiger partial charge in [0.15, 0.2) is 11.5 Å². The Morgan fingerprint density at radius 3 is 2.56 bits per heavy atom. The maximum absolute atomic E-state index is 11.8. The van der Waals surface area contributed by atoms with Crippen molar-refractivity contribution in [1.29, 1.82) is 0 Å². The number of allylic oxidation sites excluding steroid dienone is 1. The van der Waals surface area contributed by atoms with E-state index >= 15 is 0 Å². The van der Waals surface area contributed by atoms with E-state index in [9.17, 15) is 4.79 Å². The number of fused-ring (bicyclic) bond motifs is 1. The van der Waals surface area contributed by atoms with Crippen molar-refractivity contribution in [3.63, 3.8) is 0 Å². The molecule has 0 unspecified atom stereocenters. The van der Waals surface area contributed by atoms with Gasteiger partial charge in [0.05, 0.1) is 25.6 Å². The zero-order valence-electron chi connectivity index (χ0n) is 18.5. The first-order chi connectivity index (χ1) is 15.5. The van der Waals surface area contributed by atoms with Gasteiger partial charge in [-0.05, 0) is 61.0 Å². The fourth-order valence-electron chi connectivity index (χ4n) is 3.45. The van der Waals surface area contributed by atoms with E-state index in [4.69, 9.17) is 19.2 Å². The van der Waals surface area contributed by atoms with Crippen molar-refractivity contribution in [3.8, 4) is 11.5 Å². The lowest BCUT2D eigenvalue weighted by atomic mass is 9.96. The number of thioether (sulfide) groups is 1. The third-order valence-electron chi connectivity index (χ3n) is 5.16. The molecule has 2 aromatic carbocycles. The fraction of sp³-hybridized carbons (Fsp3) is 0.292. The zero-order chi connectivity index (χ0) is 22.7. The SMILES string of the molecule is CCC(=O)OC1=NN(c2ccc(C)cc2)C(=CC2=NCCc3cc(OC)c(OC)cc32)S1. The van der Waals surface area contributed by atoms with Gasteiger partial charge in [-0.2, -0.15) is 0 Å². The van der Waals surface area contributed by atoms with Gasteiger partial charge in [-0.15, -0.1) is 5.10 Å². The van der Waals surface area contributed by atoms with Gasteiger partial charge >= 0.3 is 5.97 Å². The highest BCUT2D eigenvalue weighted by molar-refractivity contribution is 8.17. The molecule has 166 valence electrons. The van der Waals surface area contributed by atoms with Crippen LogP contribution in [0.15, 0.2) is 57.6 Å². The van der Waals surface area contributed by atoms with E-state index in [1.54, 1.807) is 26.2 Å². The summed E-state index contributed by atoms with van der Waals surface area (Å²) in [5.41, 5.74) is 4.99. The van der Waals surface area contributed by atoms with E-state index in [0.29, 0.717) is 23.3 Å². The lowest BCUT2D eigenvalue weighted by Gasteiger charge is -2.20. The summed E-state index contributed by atoms with van der Waals surface area (Å²) in [5.74, 6) is 1.04. The molecule has 0 aliphatic carbocycles. The molecule has 8 heteroatoms. The predicted molar refractivity (Wildman–Crippen MR) is 128 cm³/mol. The Morgan fingerprint density at radius 1 is 1.16 bits per heavy atom. The molecule has 2 heterocycles. The van der Waals surface area contributed by atoms with Crippen LogP contribution >= 0.6 is 11.8 Å². The maximum atomic E-state index is 11.8. The maximum Gasteiger partial charge on any atom is 0.312 e. The third-order valence-corrected chi connectivity index (χ3v) is 6.00. The number of carbonyl (C=O) groups excluding carboxylic acids is 1. The number of benzene rings is 2. The van der Waals surface area contributed by atoms with Crippen LogP contribution in [0.5, 0.6) is 11.5 Å². The molecule has 0 atom stereocenters. The highest BCUT2D eigenvalue weighted by Crippen LogP contribution is 2.37. The smallest absolute Gasteiger partial charge is 0.312 e. The Bertz CT molecular complexity index is 1120. The van der Waals surface area contributed by atoms with Crippen molar-refractivity contribution in [2.75, 3.05) is 25.8 Å². The molecule has 4 rings (SSSR count). The van der Waals surface area contributed by atoms with Gasteiger partial charge < -0.3 is 14.2 Å². The molecule has 7 nitrogen and oxygen atoms in total. The lowest BCUT2D eigenvalue weighted by molar-refractivity contribution is -0.134. The number of anilines is 1. The van der Waals surface area contributed by atoms with Crippen molar-refractivity contribution in [3.05, 3.63) is 64.2 Å². The van der Waals surface area contributed by atoms with Crippen LogP contribution < -0.4 is 14.5 Å². The van der Waals surface area contributed by atoms with Crippen LogP contribution in [0, 0.1) is 6.92 Å². The molecule has 2 aliphatic rings. The number of hydrazone groups is 1. The van der Waals surface area contributed by atoms with E-state index in [0.717, 1.165) is 39.5 Å². The summed E-state index contributed by atoms with van der Waals surface area (Å²) in [5, 5.41) is 7.42. The van der Waals surface area contributed by atoms with Crippen molar-refractivity contribution in [1.82, 2.24) is 0 Å². The Morgan fingerprint density at radius 2 is 1.88 bits per heavy atom. The van der Waals surface area contributed by atoms with Crippen LogP contribution in [0.4, 0.5) is 5.69 Å². The number of methoxy groups -OCH3 is 2. The Kier molecular flexibility index (Phi) is 6.50. The van der Waals surface area contributed by atoms with Crippen LogP contribution in [-0.4, -0.2) is 37.7 Å². The second kappa shape index (κ2) is 9.48. The zero-order valence-corrected chi connectivity index (χ0v) is 19.4. The second-order valence-electron chi connectivity index (χ2n) is 7.31. The van der Waals surface area contributed by atoms with Crippen LogP contribution in [0.1, 0.15) is 30.0 Å². The topological polar surface area (TPSA) is 72.7 Å². The number of rotatable bonds is 5. The van der Waals surface area contributed by atoms with E-state index in [1.165, 1.54) is 11.8 Å². The number of aryl methyl sites for hydroxylation is 1. The third kappa shape index (κ3) is 4.50. The van der Waals surface area contributed by atoms with Gasteiger partial charge in [-0.25, -0.2) is 5.01 Å². The largest absolute Gasteiger partial charge is 0.493 e. The summed E-state index contributed by atoms with van der Waals surface area (Å²) >= 11 is 1.30. The van der Waals surface area contributed by atoms with E-state index in [2.05, 4.69) is 5.10 Å². The summed E-state index contributed by atoms with van der Waals surface area (Å²) in [6, 6.07) is 12.0. The van der Waals surface area contributed by atoms with E-state index < -0.39 is 0 Å². The van der Waals surface area contributed by atoms with Gasteiger partial charge in [0, 0.05) is 18.5 Å². The quantitative estimate of drug-likeness (QED) is 0.615. The molecule has 0 radical (unpaired) electrons. The number of hydrogen-bond acceptors (Lipinski definition) is 8. The highest BCUT2D eigenvalue weighted by atomic mass is 32.2. The molecule has 0 aromatic heterocycles. The van der Waals surface area contributed by atoms with Crippen LogP contribution in [0.2, 0.25) is 0 Å². The first-order valence-electron chi connectivity index (χ1n) is 10.4. The lowest BCUT2D eigenvalue weighted by Crippen LogP contribution is -2.15. The molecular formula is C24H25N3O4S. The molecule has 2 aromatic rings. The molecule has 0 spiro atoms. The average Bonchev–Trinajstić information content (AvgIpc) is 3.20. The van der Waals surface area contributed by atoms with Gasteiger partial charge in [0.1, 0.15) is 5.03 Å². The number of esters is 1. The van der Waals surface area contributed by atoms with Crippen molar-refractivity contribution < 1.29 is 19.0 Å². The summed E-state index contributed by atoms with van der Waals surface area (Å²) in [6.45, 7) is 4.47. The number of hydrogen-bond donors (Lipinski definition) is 0. The highest BCUT2D eigenvalue weighted by Gasteiger charge is 2.27. The van der Waals surface area contributed by atoms with Gasteiger partial charge in [0.2, 0.25) is 0 Å². The molecule has 0 N–H and O–H groups in total. The number of nitrogens with zero attached hydrogens (tertiary/aromatic N) is 3. The molecule has 2 aliphatic heterocycles. The Hall–Kier alpha value is -3.26. The molecule has 0 bridgehead atoms. The molecule has 0 saturated heterocycles. The standard InChI is InChI=1S/C24H25N3O4S/c1-5-23(28)31-24-26-27(17-8-6-15(2)7-9-17)22(32-24)14-19-18-13-21(30-4)20(29-3)12-16(18)10-11-25-19/h6-9,12-14H,5,10-11H2,1-4H3. The minimum absolute atomic E-state index is 0.283. The normalized spacial score (nSPS) is 16.4. The molecule has 0 saturated carbocycles. The van der Waals surface area contributed by atoms with Crippen molar-refractivity contribution >= 4 is 34.4 Å². The Balaban J connectivity index is 1.72. The Labute approximate surface area is 191 Å². The first kappa shape index (κ1) is 22.0. The summed E-state index contributed by atoms with van der Waals surface area (Å²) in [6.07, 6.45) is 3.09. The number of ether oxygens (including phenoxy) is 3. The number of aliphatic imine (C=N–C) groups is 1. The van der Waals surface area contributed by atoms with Crippen molar-refractivity contribution in [2.45, 2.75) is 26.7 Å². The van der Waals surface area contributed by atoms with E-state index in [-0.39, 0.29) is 12.4 Å². The molecule has 32 heavy (non-hydrogen) atoms. The fourth-order valence-corrected chi connectivity index (χ4v) is 4.28. The van der Waals surface area contributed by atoms with Crippen molar-refractivity contribution in [2.24, 2.45) is 10.1 Å². The number of carbonyl (C=O) groups is 1. The molecule has 0 amide bonds. The minimum atomic E-state index is -0.321. The van der Waals surface area contributed by atoms with Gasteiger partial charge in [-0.1, -0.05) is 24.6 Å². The van der Waals surface area contributed by atoms with Crippen LogP contribution in [0.25, 0.3) is 0 Å². The monoisotopic (exact) mass is 451 g/mol. The summed E-state index contributed by atoms with van der Waals surface area (Å²) in [7, 11) is 3.26. The average molecular weight is 452 g/mol. The second-order valence-corrected chi connectivity index (χ2v) is 8.28.